The highest BCUT2D eigenvalue weighted by atomic mass is 35.5. The van der Waals surface area contributed by atoms with E-state index in [2.05, 4.69) is 27.5 Å². The molecular weight excluding hydrogens is 424 g/mol. The van der Waals surface area contributed by atoms with E-state index >= 15 is 0 Å². The summed E-state index contributed by atoms with van der Waals surface area (Å²) < 4.78 is 6.06. The third kappa shape index (κ3) is 6.60. The molecule has 1 aromatic heterocycles. The van der Waals surface area contributed by atoms with Gasteiger partial charge in [-0.25, -0.2) is 4.99 Å². The van der Waals surface area contributed by atoms with Crippen LogP contribution in [0.25, 0.3) is 11.1 Å². The van der Waals surface area contributed by atoms with Crippen LogP contribution in [-0.2, 0) is 0 Å². The number of aromatic nitrogens is 1. The SMILES string of the molecule is CCCCNCCOc1cc(-c2ccccc2Cl)cc(N)c1N=C(N)Nc1cccnc1. The number of aliphatic imine (C=N–C) groups is 1. The maximum absolute atomic E-state index is 6.40. The Balaban J connectivity index is 1.88. The van der Waals surface area contributed by atoms with Crippen molar-refractivity contribution in [3.63, 3.8) is 0 Å². The largest absolute Gasteiger partial charge is 0.490 e. The Morgan fingerprint density at radius 3 is 2.75 bits per heavy atom. The summed E-state index contributed by atoms with van der Waals surface area (Å²) in [6, 6.07) is 15.0. The monoisotopic (exact) mass is 452 g/mol. The molecule has 0 saturated heterocycles. The molecule has 0 unspecified atom stereocenters. The molecule has 7 nitrogen and oxygen atoms in total. The highest BCUT2D eigenvalue weighted by Crippen LogP contribution is 2.40. The van der Waals surface area contributed by atoms with Crippen LogP contribution in [-0.4, -0.2) is 30.6 Å². The molecule has 0 aliphatic rings. The molecule has 2 aromatic carbocycles. The predicted octanol–water partition coefficient (Wildman–Crippen LogP) is 4.81. The Morgan fingerprint density at radius 2 is 2.00 bits per heavy atom. The Morgan fingerprint density at radius 1 is 1.16 bits per heavy atom. The van der Waals surface area contributed by atoms with Crippen LogP contribution >= 0.6 is 11.6 Å². The fraction of sp³-hybridized carbons (Fsp3) is 0.250. The number of rotatable bonds is 10. The lowest BCUT2D eigenvalue weighted by Gasteiger charge is -2.15. The minimum Gasteiger partial charge on any atom is -0.490 e. The van der Waals surface area contributed by atoms with Crippen molar-refractivity contribution in [3.05, 3.63) is 65.9 Å². The molecule has 0 saturated carbocycles. The van der Waals surface area contributed by atoms with E-state index in [1.165, 1.54) is 0 Å². The molecule has 0 radical (unpaired) electrons. The van der Waals surface area contributed by atoms with Crippen molar-refractivity contribution >= 4 is 34.6 Å². The van der Waals surface area contributed by atoms with Crippen molar-refractivity contribution in [2.24, 2.45) is 10.7 Å². The van der Waals surface area contributed by atoms with E-state index in [0.717, 1.165) is 36.2 Å². The van der Waals surface area contributed by atoms with E-state index in [1.807, 2.05) is 48.5 Å². The minimum absolute atomic E-state index is 0.182. The quantitative estimate of drug-likeness (QED) is 0.152. The number of unbranched alkanes of at least 4 members (excludes halogenated alkanes) is 1. The maximum atomic E-state index is 6.40. The van der Waals surface area contributed by atoms with Gasteiger partial charge < -0.3 is 26.8 Å². The zero-order chi connectivity index (χ0) is 22.8. The highest BCUT2D eigenvalue weighted by Gasteiger charge is 2.14. The standard InChI is InChI=1S/C24H29ClN6O/c1-2-3-10-28-12-13-32-22-15-17(19-8-4-5-9-20(19)25)14-21(26)23(22)31-24(27)30-18-7-6-11-29-16-18/h4-9,11,14-16,28H,2-3,10,12-13,26H2,1H3,(H3,27,30,31). The predicted molar refractivity (Wildman–Crippen MR) is 134 cm³/mol. The molecule has 3 aromatic rings. The lowest BCUT2D eigenvalue weighted by Crippen LogP contribution is -2.23. The first kappa shape index (κ1) is 23.4. The molecule has 32 heavy (non-hydrogen) atoms. The van der Waals surface area contributed by atoms with Crippen molar-refractivity contribution in [3.8, 4) is 16.9 Å². The topological polar surface area (TPSA) is 111 Å². The highest BCUT2D eigenvalue weighted by molar-refractivity contribution is 6.33. The summed E-state index contributed by atoms with van der Waals surface area (Å²) in [7, 11) is 0. The summed E-state index contributed by atoms with van der Waals surface area (Å²) in [5, 5.41) is 7.01. The molecule has 168 valence electrons. The van der Waals surface area contributed by atoms with Gasteiger partial charge >= 0.3 is 0 Å². The second-order valence-electron chi connectivity index (χ2n) is 7.21. The number of nitrogen functional groups attached to an aromatic ring is 1. The number of benzene rings is 2. The molecule has 0 amide bonds. The number of nitrogens with zero attached hydrogens (tertiary/aromatic N) is 2. The van der Waals surface area contributed by atoms with Crippen LogP contribution in [0.2, 0.25) is 5.02 Å². The minimum atomic E-state index is 0.182. The molecule has 0 aliphatic carbocycles. The van der Waals surface area contributed by atoms with Crippen molar-refractivity contribution in [2.45, 2.75) is 19.8 Å². The number of hydrogen-bond donors (Lipinski definition) is 4. The van der Waals surface area contributed by atoms with Crippen molar-refractivity contribution in [1.82, 2.24) is 10.3 Å². The van der Waals surface area contributed by atoms with Crippen LogP contribution in [0.1, 0.15) is 19.8 Å². The first-order valence-corrected chi connectivity index (χ1v) is 11.0. The van der Waals surface area contributed by atoms with Gasteiger partial charge in [-0.15, -0.1) is 0 Å². The van der Waals surface area contributed by atoms with Crippen LogP contribution in [0, 0.1) is 0 Å². The molecule has 0 aliphatic heterocycles. The van der Waals surface area contributed by atoms with Gasteiger partial charge in [0.2, 0.25) is 0 Å². The van der Waals surface area contributed by atoms with Gasteiger partial charge in [0.25, 0.3) is 0 Å². The summed E-state index contributed by atoms with van der Waals surface area (Å²) in [6.45, 7) is 4.29. The summed E-state index contributed by atoms with van der Waals surface area (Å²) in [6.07, 6.45) is 5.61. The molecular formula is C24H29ClN6O. The van der Waals surface area contributed by atoms with Crippen molar-refractivity contribution in [1.29, 1.82) is 0 Å². The third-order valence-electron chi connectivity index (χ3n) is 4.70. The fourth-order valence-electron chi connectivity index (χ4n) is 3.10. The number of nitrogens with one attached hydrogen (secondary N) is 2. The molecule has 3 rings (SSSR count). The Hall–Kier alpha value is -3.29. The first-order valence-electron chi connectivity index (χ1n) is 10.6. The Bertz CT molecular complexity index is 1040. The zero-order valence-corrected chi connectivity index (χ0v) is 18.9. The molecule has 6 N–H and O–H groups in total. The molecule has 1 heterocycles. The number of halogens is 1. The van der Waals surface area contributed by atoms with E-state index in [0.29, 0.717) is 35.3 Å². The second-order valence-corrected chi connectivity index (χ2v) is 7.62. The summed E-state index contributed by atoms with van der Waals surface area (Å²) in [5.41, 5.74) is 15.8. The molecule has 0 spiro atoms. The average Bonchev–Trinajstić information content (AvgIpc) is 2.79. The molecule has 0 atom stereocenters. The lowest BCUT2D eigenvalue weighted by molar-refractivity contribution is 0.315. The Labute approximate surface area is 193 Å². The van der Waals surface area contributed by atoms with Gasteiger partial charge in [0.15, 0.2) is 5.96 Å². The van der Waals surface area contributed by atoms with Crippen LogP contribution in [0.4, 0.5) is 17.1 Å². The number of ether oxygens (including phenoxy) is 1. The summed E-state index contributed by atoms with van der Waals surface area (Å²) >= 11 is 6.40. The maximum Gasteiger partial charge on any atom is 0.198 e. The van der Waals surface area contributed by atoms with Crippen LogP contribution in [0.5, 0.6) is 5.75 Å². The molecule has 0 fully saturated rings. The normalized spacial score (nSPS) is 11.4. The van der Waals surface area contributed by atoms with Gasteiger partial charge in [0, 0.05) is 23.3 Å². The molecule has 8 heteroatoms. The van der Waals surface area contributed by atoms with Crippen LogP contribution < -0.4 is 26.8 Å². The smallest absolute Gasteiger partial charge is 0.198 e. The van der Waals surface area contributed by atoms with Crippen molar-refractivity contribution in [2.75, 3.05) is 30.7 Å². The Kier molecular flexibility index (Phi) is 8.71. The van der Waals surface area contributed by atoms with Crippen molar-refractivity contribution < 1.29 is 4.74 Å². The first-order chi connectivity index (χ1) is 15.6. The van der Waals surface area contributed by atoms with Gasteiger partial charge in [0.05, 0.1) is 17.6 Å². The fourth-order valence-corrected chi connectivity index (χ4v) is 3.35. The van der Waals surface area contributed by atoms with E-state index < -0.39 is 0 Å². The number of anilines is 2. The lowest BCUT2D eigenvalue weighted by atomic mass is 10.0. The van der Waals surface area contributed by atoms with Gasteiger partial charge in [-0.3, -0.25) is 4.98 Å². The van der Waals surface area contributed by atoms with Crippen LogP contribution in [0.15, 0.2) is 65.9 Å². The van der Waals surface area contributed by atoms with Gasteiger partial charge in [-0.2, -0.15) is 0 Å². The summed E-state index contributed by atoms with van der Waals surface area (Å²) in [5.74, 6) is 0.717. The third-order valence-corrected chi connectivity index (χ3v) is 5.03. The van der Waals surface area contributed by atoms with Gasteiger partial charge in [0.1, 0.15) is 18.0 Å². The number of pyridine rings is 1. The second kappa shape index (κ2) is 11.9. The van der Waals surface area contributed by atoms with E-state index in [9.17, 15) is 0 Å². The van der Waals surface area contributed by atoms with Gasteiger partial charge in [-0.05, 0) is 48.9 Å². The summed E-state index contributed by atoms with van der Waals surface area (Å²) in [4.78, 5) is 8.55. The van der Waals surface area contributed by atoms with E-state index in [1.54, 1.807) is 12.4 Å². The van der Waals surface area contributed by atoms with Gasteiger partial charge in [-0.1, -0.05) is 43.1 Å². The zero-order valence-electron chi connectivity index (χ0n) is 18.1. The number of guanidine groups is 1. The average molecular weight is 453 g/mol. The molecule has 0 bridgehead atoms. The van der Waals surface area contributed by atoms with E-state index in [4.69, 9.17) is 27.8 Å². The van der Waals surface area contributed by atoms with E-state index in [-0.39, 0.29) is 5.96 Å². The number of nitrogens with two attached hydrogens (primary N) is 2. The number of hydrogen-bond acceptors (Lipinski definition) is 5. The van der Waals surface area contributed by atoms with Crippen LogP contribution in [0.3, 0.4) is 0 Å².